The molecule has 3 rings (SSSR count). The van der Waals surface area contributed by atoms with Gasteiger partial charge in [0.25, 0.3) is 0 Å². The van der Waals surface area contributed by atoms with Crippen molar-refractivity contribution in [1.29, 1.82) is 0 Å². The molecule has 0 radical (unpaired) electrons. The summed E-state index contributed by atoms with van der Waals surface area (Å²) in [7, 11) is 0. The largest absolute Gasteiger partial charge is 0.463 e. The Morgan fingerprint density at radius 2 is 2.00 bits per heavy atom. The molecule has 1 aliphatic rings. The number of imide groups is 1. The van der Waals surface area contributed by atoms with Gasteiger partial charge in [-0.3, -0.25) is 4.79 Å². The Morgan fingerprint density at radius 1 is 1.25 bits per heavy atom. The van der Waals surface area contributed by atoms with E-state index in [2.05, 4.69) is 28.9 Å². The fourth-order valence-corrected chi connectivity index (χ4v) is 4.46. The second-order valence-electron chi connectivity index (χ2n) is 8.47. The van der Waals surface area contributed by atoms with Gasteiger partial charge in [0.1, 0.15) is 29.2 Å². The lowest BCUT2D eigenvalue weighted by Crippen LogP contribution is -2.41. The van der Waals surface area contributed by atoms with E-state index in [1.807, 2.05) is 31.2 Å². The van der Waals surface area contributed by atoms with Gasteiger partial charge in [-0.1, -0.05) is 85.3 Å². The molecule has 1 aromatic carbocycles. The molecule has 3 atom stereocenters. The van der Waals surface area contributed by atoms with Crippen LogP contribution in [0.3, 0.4) is 0 Å². The van der Waals surface area contributed by atoms with Gasteiger partial charge in [-0.25, -0.2) is 9.69 Å². The number of aryl methyl sites for hydroxylation is 2. The van der Waals surface area contributed by atoms with Crippen LogP contribution in [0.4, 0.5) is 4.79 Å². The number of hydrogen-bond donors (Lipinski definition) is 1. The third-order valence-electron chi connectivity index (χ3n) is 5.88. The van der Waals surface area contributed by atoms with E-state index in [9.17, 15) is 14.7 Å². The molecule has 7 heteroatoms. The van der Waals surface area contributed by atoms with Crippen molar-refractivity contribution in [3.05, 3.63) is 47.4 Å². The summed E-state index contributed by atoms with van der Waals surface area (Å²) in [5.41, 5.74) is 3.11. The number of ether oxygens (including phenoxy) is 1. The van der Waals surface area contributed by atoms with Crippen molar-refractivity contribution >= 4 is 27.9 Å². The molecule has 6 nitrogen and oxygen atoms in total. The van der Waals surface area contributed by atoms with Gasteiger partial charge in [0.15, 0.2) is 0 Å². The lowest BCUT2D eigenvalue weighted by atomic mass is 9.98. The van der Waals surface area contributed by atoms with Crippen LogP contribution in [0.1, 0.15) is 69.1 Å². The number of carbonyl (C=O) groups is 2. The summed E-state index contributed by atoms with van der Waals surface area (Å²) in [4.78, 5) is 25.2. The molecule has 2 heterocycles. The highest BCUT2D eigenvalue weighted by atomic mass is 79.9. The first kappa shape index (κ1) is 24.5. The molecule has 0 saturated carbocycles. The van der Waals surface area contributed by atoms with E-state index >= 15 is 0 Å². The van der Waals surface area contributed by atoms with Crippen LogP contribution >= 0.6 is 15.9 Å². The first-order chi connectivity index (χ1) is 15.3. The van der Waals surface area contributed by atoms with Gasteiger partial charge in [-0.05, 0) is 25.0 Å². The first-order valence-corrected chi connectivity index (χ1v) is 12.3. The quantitative estimate of drug-likeness (QED) is 0.238. The number of rotatable bonds is 10. The van der Waals surface area contributed by atoms with Gasteiger partial charge in [-0.2, -0.15) is 0 Å². The average molecular weight is 506 g/mol. The fourth-order valence-electron chi connectivity index (χ4n) is 3.95. The second-order valence-corrected chi connectivity index (χ2v) is 9.53. The highest BCUT2D eigenvalue weighted by Gasteiger charge is 2.41. The molecule has 1 saturated heterocycles. The first-order valence-electron chi connectivity index (χ1n) is 11.3. The topological polar surface area (TPSA) is 80.0 Å². The lowest BCUT2D eigenvalue weighted by Gasteiger charge is -2.22. The third-order valence-corrected chi connectivity index (χ3v) is 6.55. The number of amides is 2. The molecule has 1 fully saturated rings. The van der Waals surface area contributed by atoms with Crippen LogP contribution in [-0.2, 0) is 16.0 Å². The van der Waals surface area contributed by atoms with Crippen molar-refractivity contribution in [2.24, 2.45) is 5.92 Å². The van der Waals surface area contributed by atoms with E-state index in [0.29, 0.717) is 5.76 Å². The molecular formula is C25H32BrNO5. The molecule has 0 bridgehead atoms. The van der Waals surface area contributed by atoms with Crippen LogP contribution in [0.5, 0.6) is 0 Å². The summed E-state index contributed by atoms with van der Waals surface area (Å²) >= 11 is 3.27. The fraction of sp³-hybridized carbons (Fsp3) is 0.520. The summed E-state index contributed by atoms with van der Waals surface area (Å²) in [6.07, 6.45) is 4.62. The Hall–Kier alpha value is -2.12. The number of cyclic esters (lactones) is 1. The summed E-state index contributed by atoms with van der Waals surface area (Å²) in [5.74, 6) is -0.213. The van der Waals surface area contributed by atoms with Gasteiger partial charge in [-0.15, -0.1) is 0 Å². The van der Waals surface area contributed by atoms with E-state index in [0.717, 1.165) is 46.6 Å². The monoisotopic (exact) mass is 505 g/mol. The van der Waals surface area contributed by atoms with Crippen LogP contribution in [0.2, 0.25) is 0 Å². The Bertz CT molecular complexity index is 940. The maximum atomic E-state index is 12.9. The number of carbonyl (C=O) groups excluding carboxylic acids is 2. The van der Waals surface area contributed by atoms with Gasteiger partial charge in [0.2, 0.25) is 5.91 Å². The van der Waals surface area contributed by atoms with Crippen molar-refractivity contribution in [2.45, 2.75) is 70.4 Å². The molecule has 0 spiro atoms. The Morgan fingerprint density at radius 3 is 2.66 bits per heavy atom. The van der Waals surface area contributed by atoms with Crippen LogP contribution in [0.25, 0.3) is 11.1 Å². The molecular weight excluding hydrogens is 474 g/mol. The minimum atomic E-state index is -1.17. The predicted molar refractivity (Wildman–Crippen MR) is 126 cm³/mol. The second kappa shape index (κ2) is 11.1. The van der Waals surface area contributed by atoms with Crippen molar-refractivity contribution in [3.63, 3.8) is 0 Å². The zero-order valence-corrected chi connectivity index (χ0v) is 20.6. The van der Waals surface area contributed by atoms with Crippen LogP contribution in [0.15, 0.2) is 34.7 Å². The summed E-state index contributed by atoms with van der Waals surface area (Å²) < 4.78 is 11.0. The van der Waals surface area contributed by atoms with Crippen molar-refractivity contribution in [1.82, 2.24) is 4.90 Å². The number of nitrogens with zero attached hydrogens (tertiary/aromatic N) is 1. The summed E-state index contributed by atoms with van der Waals surface area (Å²) in [6, 6.07) is 9.99. The number of halogens is 1. The number of benzene rings is 1. The minimum absolute atomic E-state index is 0.0911. The zero-order valence-electron chi connectivity index (χ0n) is 19.0. The molecule has 32 heavy (non-hydrogen) atoms. The molecule has 2 aromatic rings. The maximum absolute atomic E-state index is 12.9. The van der Waals surface area contributed by atoms with E-state index in [1.165, 1.54) is 19.3 Å². The van der Waals surface area contributed by atoms with Crippen LogP contribution < -0.4 is 0 Å². The number of furan rings is 1. The molecule has 1 aliphatic heterocycles. The van der Waals surface area contributed by atoms with Gasteiger partial charge < -0.3 is 14.3 Å². The van der Waals surface area contributed by atoms with Crippen molar-refractivity contribution < 1.29 is 23.8 Å². The SMILES string of the molecule is CCCCCCCc1oc([C@@H](O)[C@H](C)C(=O)N2C(=O)OC[C@@H]2Br)cc1-c1cccc(C)c1. The van der Waals surface area contributed by atoms with Crippen LogP contribution in [-0.4, -0.2) is 33.6 Å². The van der Waals surface area contributed by atoms with Crippen molar-refractivity contribution in [2.75, 3.05) is 6.61 Å². The third kappa shape index (κ3) is 5.62. The van der Waals surface area contributed by atoms with E-state index in [-0.39, 0.29) is 6.61 Å². The highest BCUT2D eigenvalue weighted by molar-refractivity contribution is 9.09. The highest BCUT2D eigenvalue weighted by Crippen LogP contribution is 2.35. The predicted octanol–water partition coefficient (Wildman–Crippen LogP) is 6.14. The molecule has 2 amide bonds. The number of aliphatic hydroxyl groups is 1. The molecule has 1 aromatic heterocycles. The molecule has 0 aliphatic carbocycles. The normalized spacial score (nSPS) is 18.0. The standard InChI is InChI=1S/C25H32BrNO5/c1-4-5-6-7-8-12-20-19(18-11-9-10-16(2)13-18)14-21(32-20)23(28)17(3)24(29)27-22(26)15-31-25(27)30/h9-11,13-14,17,22-23,28H,4-8,12,15H2,1-3H3/t17-,22+,23-/m0/s1. The summed E-state index contributed by atoms with van der Waals surface area (Å²) in [6.45, 7) is 5.92. The average Bonchev–Trinajstić information content (AvgIpc) is 3.35. The number of alkyl halides is 1. The van der Waals surface area contributed by atoms with E-state index < -0.39 is 29.0 Å². The number of unbranched alkanes of at least 4 members (excludes halogenated alkanes) is 4. The van der Waals surface area contributed by atoms with Crippen LogP contribution in [0, 0.1) is 12.8 Å². The number of aliphatic hydroxyl groups excluding tert-OH is 1. The van der Waals surface area contributed by atoms with E-state index in [1.54, 1.807) is 6.92 Å². The Labute approximate surface area is 198 Å². The van der Waals surface area contributed by atoms with Crippen molar-refractivity contribution in [3.8, 4) is 11.1 Å². The van der Waals surface area contributed by atoms with E-state index in [4.69, 9.17) is 9.15 Å². The lowest BCUT2D eigenvalue weighted by molar-refractivity contribution is -0.135. The molecule has 1 N–H and O–H groups in total. The van der Waals surface area contributed by atoms with Gasteiger partial charge >= 0.3 is 6.09 Å². The van der Waals surface area contributed by atoms with Gasteiger partial charge in [0.05, 0.1) is 5.92 Å². The van der Waals surface area contributed by atoms with Gasteiger partial charge in [0, 0.05) is 12.0 Å². The minimum Gasteiger partial charge on any atom is -0.463 e. The molecule has 0 unspecified atom stereocenters. The smallest absolute Gasteiger partial charge is 0.417 e. The Kier molecular flexibility index (Phi) is 8.54. The summed E-state index contributed by atoms with van der Waals surface area (Å²) in [5, 5.41) is 11.0. The maximum Gasteiger partial charge on any atom is 0.417 e. The Balaban J connectivity index is 1.82. The zero-order chi connectivity index (χ0) is 23.3. The molecule has 174 valence electrons. The number of hydrogen-bond acceptors (Lipinski definition) is 5.